The van der Waals surface area contributed by atoms with Crippen molar-refractivity contribution in [2.75, 3.05) is 32.9 Å². The zero-order valence-corrected chi connectivity index (χ0v) is 15.7. The number of hydrogen-bond acceptors (Lipinski definition) is 7. The van der Waals surface area contributed by atoms with Crippen molar-refractivity contribution in [2.24, 2.45) is 22.6 Å². The lowest BCUT2D eigenvalue weighted by molar-refractivity contribution is -0.139. The topological polar surface area (TPSA) is 103 Å². The van der Waals surface area contributed by atoms with Crippen molar-refractivity contribution >= 4 is 18.0 Å². The predicted molar refractivity (Wildman–Crippen MR) is 102 cm³/mol. The van der Waals surface area contributed by atoms with Crippen molar-refractivity contribution in [3.8, 4) is 0 Å². The molecule has 1 unspecified atom stereocenters. The molecule has 27 heavy (non-hydrogen) atoms. The van der Waals surface area contributed by atoms with Crippen molar-refractivity contribution in [3.05, 3.63) is 34.7 Å². The molecule has 0 aromatic rings. The maximum atomic E-state index is 12.9. The number of nitrogens with one attached hydrogen (secondary N) is 1. The normalized spacial score (nSPS) is 24.7. The fourth-order valence-electron chi connectivity index (χ4n) is 3.91. The van der Waals surface area contributed by atoms with E-state index < -0.39 is 5.97 Å². The van der Waals surface area contributed by atoms with Crippen LogP contribution in [0.2, 0.25) is 0 Å². The summed E-state index contributed by atoms with van der Waals surface area (Å²) in [5.74, 6) is -0.735. The highest BCUT2D eigenvalue weighted by atomic mass is 16.5. The van der Waals surface area contributed by atoms with Gasteiger partial charge in [0.15, 0.2) is 5.78 Å². The van der Waals surface area contributed by atoms with E-state index in [4.69, 9.17) is 15.2 Å². The molecule has 3 rings (SSSR count). The quantitative estimate of drug-likeness (QED) is 0.514. The number of carbonyl (C=O) groups is 2. The number of hydrogen-bond donors (Lipinski definition) is 2. The summed E-state index contributed by atoms with van der Waals surface area (Å²) in [5, 5.41) is 3.31. The molecule has 3 N–H and O–H groups in total. The molecule has 0 bridgehead atoms. The largest absolute Gasteiger partial charge is 0.463 e. The highest BCUT2D eigenvalue weighted by Gasteiger charge is 2.42. The van der Waals surface area contributed by atoms with Crippen LogP contribution in [0.1, 0.15) is 26.2 Å². The lowest BCUT2D eigenvalue weighted by Crippen LogP contribution is -2.41. The molecule has 0 spiro atoms. The van der Waals surface area contributed by atoms with Gasteiger partial charge in [-0.15, -0.1) is 0 Å². The second-order valence-electron chi connectivity index (χ2n) is 6.79. The number of aliphatic imine (C=N–C) groups is 1. The van der Waals surface area contributed by atoms with Crippen molar-refractivity contribution < 1.29 is 19.1 Å². The fraction of sp³-hybridized carbons (Fsp3) is 0.550. The molecule has 0 radical (unpaired) electrons. The zero-order chi connectivity index (χ0) is 19.2. The fourth-order valence-corrected chi connectivity index (χ4v) is 3.91. The van der Waals surface area contributed by atoms with E-state index in [1.54, 1.807) is 13.1 Å². The van der Waals surface area contributed by atoms with Gasteiger partial charge in [-0.05, 0) is 25.8 Å². The van der Waals surface area contributed by atoms with Gasteiger partial charge in [0.05, 0.1) is 31.1 Å². The summed E-state index contributed by atoms with van der Waals surface area (Å²) in [7, 11) is 0. The van der Waals surface area contributed by atoms with E-state index in [1.807, 2.05) is 12.2 Å². The molecule has 2 heterocycles. The first-order valence-electron chi connectivity index (χ1n) is 9.55. The lowest BCUT2D eigenvalue weighted by atomic mass is 9.72. The first-order chi connectivity index (χ1) is 13.2. The molecule has 0 fully saturated rings. The summed E-state index contributed by atoms with van der Waals surface area (Å²) in [6, 6.07) is 0. The predicted octanol–water partition coefficient (Wildman–Crippen LogP) is 1.26. The molecule has 0 aromatic carbocycles. The molecule has 2 atom stereocenters. The average Bonchev–Trinajstić information content (AvgIpc) is 2.68. The molecular formula is C20H27N3O4. The molecule has 2 aliphatic heterocycles. The molecule has 0 aromatic heterocycles. The number of ketones is 1. The van der Waals surface area contributed by atoms with Gasteiger partial charge in [-0.2, -0.15) is 0 Å². The van der Waals surface area contributed by atoms with Crippen LogP contribution in [-0.4, -0.2) is 50.9 Å². The van der Waals surface area contributed by atoms with E-state index in [9.17, 15) is 9.59 Å². The summed E-state index contributed by atoms with van der Waals surface area (Å²) in [5.41, 5.74) is 8.28. The Hall–Kier alpha value is -2.25. The monoisotopic (exact) mass is 373 g/mol. The van der Waals surface area contributed by atoms with Gasteiger partial charge in [0.2, 0.25) is 0 Å². The third-order valence-corrected chi connectivity index (χ3v) is 5.00. The van der Waals surface area contributed by atoms with Crippen LogP contribution in [0.4, 0.5) is 0 Å². The van der Waals surface area contributed by atoms with Crippen LogP contribution < -0.4 is 11.1 Å². The SMILES string of the molecule is CCOC(=O)C1=C(COCCN)NC2=C(C(=O)CCC2)C1[C@H]1C=CC=NC1. The summed E-state index contributed by atoms with van der Waals surface area (Å²) < 4.78 is 11.0. The first kappa shape index (κ1) is 19.5. The third kappa shape index (κ3) is 4.20. The number of allylic oxidation sites excluding steroid dienone is 3. The molecule has 7 nitrogen and oxygen atoms in total. The van der Waals surface area contributed by atoms with Crippen molar-refractivity contribution in [3.63, 3.8) is 0 Å². The molecule has 3 aliphatic rings. The van der Waals surface area contributed by atoms with Gasteiger partial charge in [0, 0.05) is 48.8 Å². The summed E-state index contributed by atoms with van der Waals surface area (Å²) in [4.78, 5) is 30.0. The Balaban J connectivity index is 2.04. The highest BCUT2D eigenvalue weighted by molar-refractivity contribution is 6.02. The molecule has 0 amide bonds. The Kier molecular flexibility index (Phi) is 6.58. The minimum absolute atomic E-state index is 0.0620. The lowest BCUT2D eigenvalue weighted by Gasteiger charge is -2.37. The van der Waals surface area contributed by atoms with Crippen LogP contribution in [0.15, 0.2) is 39.7 Å². The van der Waals surface area contributed by atoms with Gasteiger partial charge in [-0.25, -0.2) is 4.79 Å². The number of nitrogens with zero attached hydrogens (tertiary/aromatic N) is 1. The minimum atomic E-state index is -0.408. The molecule has 146 valence electrons. The summed E-state index contributed by atoms with van der Waals surface area (Å²) in [6.45, 7) is 3.60. The second-order valence-corrected chi connectivity index (χ2v) is 6.79. The maximum absolute atomic E-state index is 12.9. The number of Topliss-reactive ketones (excluding diaryl/α,β-unsaturated/α-hetero) is 1. The molecular weight excluding hydrogens is 346 g/mol. The van der Waals surface area contributed by atoms with Crippen LogP contribution >= 0.6 is 0 Å². The smallest absolute Gasteiger partial charge is 0.336 e. The highest BCUT2D eigenvalue weighted by Crippen LogP contribution is 2.41. The van der Waals surface area contributed by atoms with E-state index in [0.717, 1.165) is 18.5 Å². The van der Waals surface area contributed by atoms with Gasteiger partial charge < -0.3 is 20.5 Å². The Morgan fingerprint density at radius 1 is 1.41 bits per heavy atom. The number of rotatable bonds is 7. The van der Waals surface area contributed by atoms with Crippen molar-refractivity contribution in [1.82, 2.24) is 5.32 Å². The van der Waals surface area contributed by atoms with Gasteiger partial charge in [0.1, 0.15) is 0 Å². The van der Waals surface area contributed by atoms with Crippen LogP contribution in [0.3, 0.4) is 0 Å². The summed E-state index contributed by atoms with van der Waals surface area (Å²) in [6.07, 6.45) is 7.74. The average molecular weight is 373 g/mol. The van der Waals surface area contributed by atoms with Crippen LogP contribution in [0.25, 0.3) is 0 Å². The van der Waals surface area contributed by atoms with Crippen LogP contribution in [0.5, 0.6) is 0 Å². The molecule has 0 saturated carbocycles. The Bertz CT molecular complexity index is 721. The maximum Gasteiger partial charge on any atom is 0.336 e. The number of nitrogens with two attached hydrogens (primary N) is 1. The first-order valence-corrected chi connectivity index (χ1v) is 9.55. The number of ether oxygens (including phenoxy) is 2. The van der Waals surface area contributed by atoms with Gasteiger partial charge in [-0.3, -0.25) is 9.79 Å². The van der Waals surface area contributed by atoms with E-state index in [0.29, 0.717) is 43.0 Å². The third-order valence-electron chi connectivity index (χ3n) is 5.00. The Labute approximate surface area is 159 Å². The van der Waals surface area contributed by atoms with E-state index >= 15 is 0 Å². The van der Waals surface area contributed by atoms with Crippen molar-refractivity contribution in [1.29, 1.82) is 0 Å². The van der Waals surface area contributed by atoms with Crippen molar-refractivity contribution in [2.45, 2.75) is 26.2 Å². The van der Waals surface area contributed by atoms with Crippen LogP contribution in [0, 0.1) is 11.8 Å². The molecule has 1 aliphatic carbocycles. The van der Waals surface area contributed by atoms with Gasteiger partial charge in [-0.1, -0.05) is 6.08 Å². The summed E-state index contributed by atoms with van der Waals surface area (Å²) >= 11 is 0. The Morgan fingerprint density at radius 3 is 2.96 bits per heavy atom. The van der Waals surface area contributed by atoms with Crippen LogP contribution in [-0.2, 0) is 19.1 Å². The zero-order valence-electron chi connectivity index (χ0n) is 15.7. The van der Waals surface area contributed by atoms with E-state index in [1.165, 1.54) is 0 Å². The number of dihydropyridines is 2. The van der Waals surface area contributed by atoms with E-state index in [2.05, 4.69) is 10.3 Å². The van der Waals surface area contributed by atoms with E-state index in [-0.39, 0.29) is 30.8 Å². The van der Waals surface area contributed by atoms with Gasteiger partial charge >= 0.3 is 5.97 Å². The molecule has 0 saturated heterocycles. The second kappa shape index (κ2) is 9.10. The number of carbonyl (C=O) groups excluding carboxylic acids is 2. The number of esters is 1. The Morgan fingerprint density at radius 2 is 2.26 bits per heavy atom. The minimum Gasteiger partial charge on any atom is -0.463 e. The standard InChI is InChI=1S/C20H27N3O4/c1-2-27-20(25)19-15(12-26-10-8-21)23-14-6-3-7-16(24)18(14)17(19)13-5-4-9-22-11-13/h4-5,9,13,17,23H,2-3,6-8,10-12,21H2,1H3/t13-,17?/m0/s1. The molecule has 7 heteroatoms. The van der Waals surface area contributed by atoms with Gasteiger partial charge in [0.25, 0.3) is 0 Å².